The lowest BCUT2D eigenvalue weighted by Gasteiger charge is -1.92. The van der Waals surface area contributed by atoms with Gasteiger partial charge < -0.3 is 0 Å². The van der Waals surface area contributed by atoms with Gasteiger partial charge in [-0.15, -0.1) is 0 Å². The van der Waals surface area contributed by atoms with E-state index in [1.807, 2.05) is 36.1 Å². The van der Waals surface area contributed by atoms with Gasteiger partial charge in [-0.3, -0.25) is 0 Å². The molecule has 0 amide bonds. The minimum absolute atomic E-state index is 1.09. The molecule has 0 saturated carbocycles. The number of aromatic nitrogens is 3. The molecule has 3 nitrogen and oxygen atoms in total. The van der Waals surface area contributed by atoms with Gasteiger partial charge in [-0.05, 0) is 0 Å². The second-order valence-corrected chi connectivity index (χ2v) is 2.67. The Kier molecular flexibility index (Phi) is 1.63. The molecule has 0 aliphatic carbocycles. The van der Waals surface area contributed by atoms with Crippen LogP contribution in [-0.4, -0.2) is 10.3 Å². The molecular formula is C9H10N3+. The molecule has 0 aliphatic rings. The zero-order valence-corrected chi connectivity index (χ0v) is 6.86. The first-order valence-corrected chi connectivity index (χ1v) is 3.83. The van der Waals surface area contributed by atoms with Crippen molar-refractivity contribution in [3.05, 3.63) is 36.5 Å². The van der Waals surface area contributed by atoms with Crippen molar-refractivity contribution in [2.24, 2.45) is 7.05 Å². The van der Waals surface area contributed by atoms with Crippen LogP contribution in [0.1, 0.15) is 0 Å². The van der Waals surface area contributed by atoms with Gasteiger partial charge in [0.05, 0.1) is 0 Å². The number of aryl methyl sites for hydroxylation is 1. The third-order valence-corrected chi connectivity index (χ3v) is 1.83. The summed E-state index contributed by atoms with van der Waals surface area (Å²) in [7, 11) is 1.94. The van der Waals surface area contributed by atoms with Gasteiger partial charge >= 0.3 is 0 Å². The van der Waals surface area contributed by atoms with E-state index in [4.69, 9.17) is 0 Å². The number of nitrogens with zero attached hydrogens (tertiary/aromatic N) is 2. The minimum Gasteiger partial charge on any atom is -0.158 e. The monoisotopic (exact) mass is 160 g/mol. The van der Waals surface area contributed by atoms with Gasteiger partial charge in [0, 0.05) is 10.7 Å². The highest BCUT2D eigenvalue weighted by Crippen LogP contribution is 2.11. The van der Waals surface area contributed by atoms with Gasteiger partial charge in [0.2, 0.25) is 6.20 Å². The van der Waals surface area contributed by atoms with Gasteiger partial charge in [0.1, 0.15) is 7.05 Å². The van der Waals surface area contributed by atoms with Gasteiger partial charge in [0.25, 0.3) is 0 Å². The van der Waals surface area contributed by atoms with Crippen LogP contribution in [0.5, 0.6) is 0 Å². The Morgan fingerprint density at radius 3 is 2.58 bits per heavy atom. The summed E-state index contributed by atoms with van der Waals surface area (Å²) in [6, 6.07) is 10.2. The van der Waals surface area contributed by atoms with Crippen LogP contribution in [0, 0.1) is 0 Å². The van der Waals surface area contributed by atoms with E-state index < -0.39 is 0 Å². The van der Waals surface area contributed by atoms with Crippen molar-refractivity contribution in [3.8, 4) is 11.3 Å². The molecule has 0 unspecified atom stereocenters. The Labute approximate surface area is 70.6 Å². The van der Waals surface area contributed by atoms with E-state index in [0.29, 0.717) is 0 Å². The average Bonchev–Trinajstić information content (AvgIpc) is 2.53. The molecule has 1 aromatic heterocycles. The molecule has 1 N–H and O–H groups in total. The molecule has 0 spiro atoms. The largest absolute Gasteiger partial charge is 0.214 e. The maximum Gasteiger partial charge on any atom is 0.214 e. The quantitative estimate of drug-likeness (QED) is 0.618. The van der Waals surface area contributed by atoms with Crippen LogP contribution in [0.15, 0.2) is 36.5 Å². The average molecular weight is 160 g/mol. The number of hydrogen-bond acceptors (Lipinski definition) is 1. The molecule has 60 valence electrons. The molecule has 0 radical (unpaired) electrons. The van der Waals surface area contributed by atoms with Crippen LogP contribution in [-0.2, 0) is 7.05 Å². The zero-order valence-electron chi connectivity index (χ0n) is 6.86. The topological polar surface area (TPSA) is 32.6 Å². The van der Waals surface area contributed by atoms with Crippen LogP contribution in [0.3, 0.4) is 0 Å². The van der Waals surface area contributed by atoms with E-state index in [2.05, 4.69) is 22.4 Å². The molecule has 0 aliphatic heterocycles. The number of rotatable bonds is 1. The fourth-order valence-electron chi connectivity index (χ4n) is 1.19. The molecule has 1 aromatic carbocycles. The molecule has 0 saturated heterocycles. The number of benzene rings is 1. The summed E-state index contributed by atoms with van der Waals surface area (Å²) in [6.45, 7) is 0. The van der Waals surface area contributed by atoms with Crippen molar-refractivity contribution in [1.82, 2.24) is 10.3 Å². The SMILES string of the molecule is C[n+]1[nH]ncc1-c1ccccc1. The van der Waals surface area contributed by atoms with E-state index >= 15 is 0 Å². The predicted molar refractivity (Wildman–Crippen MR) is 45.2 cm³/mol. The fraction of sp³-hybridized carbons (Fsp3) is 0.111. The molecule has 2 aromatic rings. The highest BCUT2D eigenvalue weighted by molar-refractivity contribution is 5.54. The summed E-state index contributed by atoms with van der Waals surface area (Å²) >= 11 is 0. The van der Waals surface area contributed by atoms with Crippen molar-refractivity contribution in [2.75, 3.05) is 0 Å². The normalized spacial score (nSPS) is 10.1. The smallest absolute Gasteiger partial charge is 0.158 e. The molecule has 12 heavy (non-hydrogen) atoms. The summed E-state index contributed by atoms with van der Waals surface area (Å²) in [5, 5.41) is 6.77. The van der Waals surface area contributed by atoms with Crippen molar-refractivity contribution in [1.29, 1.82) is 0 Å². The lowest BCUT2D eigenvalue weighted by atomic mass is 10.2. The second-order valence-electron chi connectivity index (χ2n) is 2.67. The molecule has 0 bridgehead atoms. The van der Waals surface area contributed by atoms with E-state index in [-0.39, 0.29) is 0 Å². The van der Waals surface area contributed by atoms with Crippen LogP contribution >= 0.6 is 0 Å². The van der Waals surface area contributed by atoms with Crippen LogP contribution in [0.25, 0.3) is 11.3 Å². The molecule has 3 heteroatoms. The predicted octanol–water partition coefficient (Wildman–Crippen LogP) is 0.901. The molecule has 0 atom stereocenters. The summed E-state index contributed by atoms with van der Waals surface area (Å²) in [5.74, 6) is 0. The Balaban J connectivity index is 2.51. The van der Waals surface area contributed by atoms with Gasteiger partial charge in [-0.2, -0.15) is 4.68 Å². The first kappa shape index (κ1) is 7.03. The fourth-order valence-corrected chi connectivity index (χ4v) is 1.19. The van der Waals surface area contributed by atoms with Crippen LogP contribution < -0.4 is 4.68 Å². The maximum absolute atomic E-state index is 3.94. The highest BCUT2D eigenvalue weighted by atomic mass is 15.4. The van der Waals surface area contributed by atoms with Crippen LogP contribution in [0.2, 0.25) is 0 Å². The van der Waals surface area contributed by atoms with Crippen molar-refractivity contribution in [3.63, 3.8) is 0 Å². The van der Waals surface area contributed by atoms with E-state index in [9.17, 15) is 0 Å². The molecular weight excluding hydrogens is 150 g/mol. The Morgan fingerprint density at radius 1 is 1.25 bits per heavy atom. The van der Waals surface area contributed by atoms with E-state index in [1.54, 1.807) is 0 Å². The van der Waals surface area contributed by atoms with Crippen molar-refractivity contribution in [2.45, 2.75) is 0 Å². The van der Waals surface area contributed by atoms with Gasteiger partial charge in [-0.25, -0.2) is 0 Å². The Bertz CT molecular complexity index is 364. The highest BCUT2D eigenvalue weighted by Gasteiger charge is 2.07. The third-order valence-electron chi connectivity index (χ3n) is 1.83. The molecule has 1 heterocycles. The maximum atomic E-state index is 3.94. The summed E-state index contributed by atoms with van der Waals surface area (Å²) in [5.41, 5.74) is 2.27. The van der Waals surface area contributed by atoms with Gasteiger partial charge in [0.15, 0.2) is 5.69 Å². The lowest BCUT2D eigenvalue weighted by Crippen LogP contribution is -2.32. The molecule has 0 fully saturated rings. The summed E-state index contributed by atoms with van der Waals surface area (Å²) in [4.78, 5) is 0. The van der Waals surface area contributed by atoms with Crippen molar-refractivity contribution >= 4 is 0 Å². The second kappa shape index (κ2) is 2.77. The third kappa shape index (κ3) is 1.09. The number of hydrogen-bond donors (Lipinski definition) is 1. The first-order valence-electron chi connectivity index (χ1n) is 3.83. The van der Waals surface area contributed by atoms with E-state index in [0.717, 1.165) is 5.69 Å². The van der Waals surface area contributed by atoms with Crippen molar-refractivity contribution < 1.29 is 4.68 Å². The Morgan fingerprint density at radius 2 is 2.00 bits per heavy atom. The van der Waals surface area contributed by atoms with Crippen LogP contribution in [0.4, 0.5) is 0 Å². The number of H-pyrrole nitrogens is 1. The minimum atomic E-state index is 1.09. The summed E-state index contributed by atoms with van der Waals surface area (Å²) < 4.78 is 1.88. The molecule has 2 rings (SSSR count). The first-order chi connectivity index (χ1) is 5.88. The lowest BCUT2D eigenvalue weighted by molar-refractivity contribution is -0.720. The van der Waals surface area contributed by atoms with Gasteiger partial charge in [-0.1, -0.05) is 35.5 Å². The zero-order chi connectivity index (χ0) is 8.39. The standard InChI is InChI=1S/C9H9N3/c1-12-9(7-10-11-12)8-5-3-2-4-6-8/h2-7H,1H3/p+1. The number of nitrogens with one attached hydrogen (secondary N) is 1. The summed E-state index contributed by atoms with van der Waals surface area (Å²) in [6.07, 6.45) is 1.81. The Hall–Kier alpha value is -1.64. The van der Waals surface area contributed by atoms with E-state index in [1.165, 1.54) is 5.56 Å². The number of aromatic amines is 1.